The van der Waals surface area contributed by atoms with Gasteiger partial charge in [-0.25, -0.2) is 0 Å². The highest BCUT2D eigenvalue weighted by atomic mass is 35.5. The summed E-state index contributed by atoms with van der Waals surface area (Å²) in [6.45, 7) is 3.85. The minimum Gasteiger partial charge on any atom is -0.354 e. The van der Waals surface area contributed by atoms with Gasteiger partial charge in [-0.05, 0) is 13.8 Å². The number of rotatable bonds is 3. The first-order valence-corrected chi connectivity index (χ1v) is 3.55. The van der Waals surface area contributed by atoms with Gasteiger partial charge in [0.05, 0.1) is 0 Å². The van der Waals surface area contributed by atoms with E-state index in [9.17, 15) is 4.79 Å². The lowest BCUT2D eigenvalue weighted by Gasteiger charge is -2.05. The first kappa shape index (κ1) is 8.76. The van der Waals surface area contributed by atoms with Gasteiger partial charge in [-0.15, -0.1) is 11.6 Å². The molecule has 0 heterocycles. The van der Waals surface area contributed by atoms with Crippen LogP contribution in [-0.4, -0.2) is 17.8 Å². The Hall–Kier alpha value is -0.240. The number of carbonyl (C=O) groups is 1. The molecular formula is C6H12ClNO. The Kier molecular flexibility index (Phi) is 4.50. The van der Waals surface area contributed by atoms with E-state index < -0.39 is 0 Å². The zero-order valence-electron chi connectivity index (χ0n) is 5.78. The Balaban J connectivity index is 3.27. The summed E-state index contributed by atoms with van der Waals surface area (Å²) in [7, 11) is 0. The molecule has 0 aromatic rings. The minimum atomic E-state index is 0.0278. The van der Waals surface area contributed by atoms with Gasteiger partial charge in [0, 0.05) is 18.3 Å². The Morgan fingerprint density at radius 3 is 2.56 bits per heavy atom. The molecular weight excluding hydrogens is 138 g/mol. The van der Waals surface area contributed by atoms with E-state index in [0.717, 1.165) is 0 Å². The molecule has 0 unspecified atom stereocenters. The average molecular weight is 150 g/mol. The van der Waals surface area contributed by atoms with E-state index in [1.165, 1.54) is 0 Å². The molecule has 2 nitrogen and oxygen atoms in total. The number of nitrogens with one attached hydrogen (secondary N) is 1. The number of hydrogen-bond donors (Lipinski definition) is 1. The lowest BCUT2D eigenvalue weighted by molar-refractivity contribution is -0.121. The third kappa shape index (κ3) is 5.63. The Labute approximate surface area is 60.6 Å². The van der Waals surface area contributed by atoms with Gasteiger partial charge in [-0.3, -0.25) is 4.79 Å². The molecule has 0 aromatic carbocycles. The van der Waals surface area contributed by atoms with Crippen LogP contribution in [0, 0.1) is 0 Å². The van der Waals surface area contributed by atoms with E-state index in [1.807, 2.05) is 13.8 Å². The predicted octanol–water partition coefficient (Wildman–Crippen LogP) is 1.14. The molecule has 0 aromatic heterocycles. The normalized spacial score (nSPS) is 9.78. The van der Waals surface area contributed by atoms with Crippen molar-refractivity contribution in [1.29, 1.82) is 0 Å². The van der Waals surface area contributed by atoms with Crippen molar-refractivity contribution in [1.82, 2.24) is 5.32 Å². The van der Waals surface area contributed by atoms with Gasteiger partial charge in [-0.2, -0.15) is 0 Å². The molecule has 54 valence electrons. The number of alkyl halides is 1. The lowest BCUT2D eigenvalue weighted by atomic mass is 10.3. The lowest BCUT2D eigenvalue weighted by Crippen LogP contribution is -2.29. The smallest absolute Gasteiger partial charge is 0.221 e. The average Bonchev–Trinajstić information content (AvgIpc) is 1.63. The van der Waals surface area contributed by atoms with E-state index in [-0.39, 0.29) is 11.9 Å². The van der Waals surface area contributed by atoms with Crippen molar-refractivity contribution in [3.8, 4) is 0 Å². The molecule has 0 saturated heterocycles. The molecule has 0 fully saturated rings. The molecule has 0 bridgehead atoms. The molecule has 0 spiro atoms. The van der Waals surface area contributed by atoms with Crippen molar-refractivity contribution in [3.63, 3.8) is 0 Å². The number of halogens is 1. The zero-order chi connectivity index (χ0) is 7.28. The Morgan fingerprint density at radius 1 is 1.67 bits per heavy atom. The molecule has 0 saturated carbocycles. The van der Waals surface area contributed by atoms with Crippen LogP contribution in [0.2, 0.25) is 0 Å². The fourth-order valence-electron chi connectivity index (χ4n) is 0.480. The van der Waals surface area contributed by atoms with Crippen molar-refractivity contribution >= 4 is 17.5 Å². The molecule has 0 aliphatic carbocycles. The number of amides is 1. The van der Waals surface area contributed by atoms with Crippen molar-refractivity contribution in [2.45, 2.75) is 26.3 Å². The largest absolute Gasteiger partial charge is 0.354 e. The summed E-state index contributed by atoms with van der Waals surface area (Å²) in [5.74, 6) is 0.429. The van der Waals surface area contributed by atoms with E-state index in [4.69, 9.17) is 11.6 Å². The highest BCUT2D eigenvalue weighted by molar-refractivity contribution is 6.18. The van der Waals surface area contributed by atoms with Gasteiger partial charge in [0.25, 0.3) is 0 Å². The zero-order valence-corrected chi connectivity index (χ0v) is 6.53. The molecule has 1 N–H and O–H groups in total. The van der Waals surface area contributed by atoms with Crippen molar-refractivity contribution < 1.29 is 4.79 Å². The van der Waals surface area contributed by atoms with Crippen LogP contribution in [0.4, 0.5) is 0 Å². The SMILES string of the molecule is CC(C)NC(=O)CCCl. The molecule has 0 aliphatic heterocycles. The summed E-state index contributed by atoms with van der Waals surface area (Å²) in [5.41, 5.74) is 0. The standard InChI is InChI=1S/C6H12ClNO/c1-5(2)8-6(9)3-4-7/h5H,3-4H2,1-2H3,(H,8,9). The summed E-state index contributed by atoms with van der Waals surface area (Å²) in [6, 6.07) is 0.223. The molecule has 1 amide bonds. The van der Waals surface area contributed by atoms with Crippen molar-refractivity contribution in [3.05, 3.63) is 0 Å². The fraction of sp³-hybridized carbons (Fsp3) is 0.833. The number of carbonyl (C=O) groups excluding carboxylic acids is 1. The molecule has 0 rings (SSSR count). The van der Waals surface area contributed by atoms with E-state index >= 15 is 0 Å². The van der Waals surface area contributed by atoms with Crippen LogP contribution in [0.15, 0.2) is 0 Å². The third-order valence-corrected chi connectivity index (χ3v) is 0.960. The van der Waals surface area contributed by atoms with Crippen LogP contribution in [0.3, 0.4) is 0 Å². The van der Waals surface area contributed by atoms with Gasteiger partial charge in [-0.1, -0.05) is 0 Å². The van der Waals surface area contributed by atoms with E-state index in [1.54, 1.807) is 0 Å². The van der Waals surface area contributed by atoms with Crippen LogP contribution >= 0.6 is 11.6 Å². The Morgan fingerprint density at radius 2 is 2.22 bits per heavy atom. The second-order valence-corrected chi connectivity index (χ2v) is 2.54. The molecule has 9 heavy (non-hydrogen) atoms. The maximum Gasteiger partial charge on any atom is 0.221 e. The van der Waals surface area contributed by atoms with Crippen LogP contribution in [0.1, 0.15) is 20.3 Å². The van der Waals surface area contributed by atoms with Gasteiger partial charge in [0.2, 0.25) is 5.91 Å². The third-order valence-electron chi connectivity index (χ3n) is 0.771. The predicted molar refractivity (Wildman–Crippen MR) is 38.6 cm³/mol. The summed E-state index contributed by atoms with van der Waals surface area (Å²) >= 11 is 5.32. The quantitative estimate of drug-likeness (QED) is 0.600. The second kappa shape index (κ2) is 4.62. The first-order chi connectivity index (χ1) is 4.16. The molecule has 3 heteroatoms. The summed E-state index contributed by atoms with van der Waals surface area (Å²) < 4.78 is 0. The number of hydrogen-bond acceptors (Lipinski definition) is 1. The molecule has 0 atom stereocenters. The first-order valence-electron chi connectivity index (χ1n) is 3.02. The highest BCUT2D eigenvalue weighted by Crippen LogP contribution is 1.85. The van der Waals surface area contributed by atoms with Gasteiger partial charge in [0.15, 0.2) is 0 Å². The fourth-order valence-corrected chi connectivity index (χ4v) is 0.652. The summed E-state index contributed by atoms with van der Waals surface area (Å²) in [5, 5.41) is 2.72. The minimum absolute atomic E-state index is 0.0278. The maximum absolute atomic E-state index is 10.7. The highest BCUT2D eigenvalue weighted by Gasteiger charge is 1.99. The van der Waals surface area contributed by atoms with Crippen LogP contribution in [0.5, 0.6) is 0 Å². The van der Waals surface area contributed by atoms with Crippen LogP contribution < -0.4 is 5.32 Å². The summed E-state index contributed by atoms with van der Waals surface area (Å²) in [6.07, 6.45) is 0.416. The summed E-state index contributed by atoms with van der Waals surface area (Å²) in [4.78, 5) is 10.7. The van der Waals surface area contributed by atoms with Crippen molar-refractivity contribution in [2.24, 2.45) is 0 Å². The van der Waals surface area contributed by atoms with Crippen molar-refractivity contribution in [2.75, 3.05) is 5.88 Å². The van der Waals surface area contributed by atoms with E-state index in [0.29, 0.717) is 12.3 Å². The topological polar surface area (TPSA) is 29.1 Å². The van der Waals surface area contributed by atoms with Crippen LogP contribution in [-0.2, 0) is 4.79 Å². The monoisotopic (exact) mass is 149 g/mol. The second-order valence-electron chi connectivity index (χ2n) is 2.16. The maximum atomic E-state index is 10.7. The molecule has 0 aliphatic rings. The van der Waals surface area contributed by atoms with Crippen LogP contribution in [0.25, 0.3) is 0 Å². The van der Waals surface area contributed by atoms with Gasteiger partial charge < -0.3 is 5.32 Å². The van der Waals surface area contributed by atoms with E-state index in [2.05, 4.69) is 5.32 Å². The van der Waals surface area contributed by atoms with Gasteiger partial charge in [0.1, 0.15) is 0 Å². The van der Waals surface area contributed by atoms with Gasteiger partial charge >= 0.3 is 0 Å². The molecule has 0 radical (unpaired) electrons. The Bertz CT molecular complexity index is 93.1.